The van der Waals surface area contributed by atoms with E-state index in [1.165, 1.54) is 0 Å². The van der Waals surface area contributed by atoms with E-state index in [4.69, 9.17) is 16.3 Å². The molecule has 1 amide bonds. The van der Waals surface area contributed by atoms with Crippen LogP contribution in [0.5, 0.6) is 5.75 Å². The van der Waals surface area contributed by atoms with Gasteiger partial charge < -0.3 is 10.1 Å². The minimum atomic E-state index is -5.03. The number of benzene rings is 2. The van der Waals surface area contributed by atoms with Gasteiger partial charge in [0.05, 0.1) is 16.2 Å². The second-order valence-electron chi connectivity index (χ2n) is 5.46. The maximum Gasteiger partial charge on any atom is 0.420 e. The molecule has 0 fully saturated rings. The lowest BCUT2D eigenvalue weighted by molar-refractivity contribution is -0.385. The first kappa shape index (κ1) is 22.3. The van der Waals surface area contributed by atoms with Gasteiger partial charge in [0.25, 0.3) is 11.6 Å². The van der Waals surface area contributed by atoms with Crippen molar-refractivity contribution in [1.29, 1.82) is 0 Å². The van der Waals surface area contributed by atoms with E-state index in [-0.39, 0.29) is 11.1 Å². The van der Waals surface area contributed by atoms with E-state index in [1.54, 1.807) is 0 Å². The molecule has 2 rings (SSSR count). The third-order valence-corrected chi connectivity index (χ3v) is 3.63. The minimum Gasteiger partial charge on any atom is -0.483 e. The second-order valence-corrected chi connectivity index (χ2v) is 5.90. The van der Waals surface area contributed by atoms with Gasteiger partial charge in [0.15, 0.2) is 6.61 Å². The molecule has 0 atom stereocenters. The number of amides is 1. The minimum absolute atomic E-state index is 0.216. The van der Waals surface area contributed by atoms with Crippen LogP contribution in [0, 0.1) is 10.1 Å². The Bertz CT molecular complexity index is 946. The molecule has 2 aromatic rings. The smallest absolute Gasteiger partial charge is 0.420 e. The van der Waals surface area contributed by atoms with Crippen LogP contribution < -0.4 is 10.1 Å². The first-order valence-electron chi connectivity index (χ1n) is 7.44. The molecule has 2 aromatic carbocycles. The molecule has 0 aliphatic rings. The van der Waals surface area contributed by atoms with Gasteiger partial charge in [-0.05, 0) is 24.3 Å². The summed E-state index contributed by atoms with van der Waals surface area (Å²) in [6.45, 7) is -1.08. The number of anilines is 1. The van der Waals surface area contributed by atoms with E-state index in [1.807, 2.05) is 5.32 Å². The Morgan fingerprint density at radius 2 is 1.66 bits per heavy atom. The molecule has 6 nitrogen and oxygen atoms in total. The number of carbonyl (C=O) groups is 1. The molecule has 0 saturated heterocycles. The van der Waals surface area contributed by atoms with Crippen LogP contribution in [0.15, 0.2) is 36.4 Å². The molecule has 1 N–H and O–H groups in total. The summed E-state index contributed by atoms with van der Waals surface area (Å²) in [5.74, 6) is -2.09. The third-order valence-electron chi connectivity index (χ3n) is 3.40. The van der Waals surface area contributed by atoms with E-state index in [9.17, 15) is 41.3 Å². The molecule has 29 heavy (non-hydrogen) atoms. The number of nitro benzene ring substituents is 1. The summed E-state index contributed by atoms with van der Waals surface area (Å²) in [5.41, 5.74) is -4.30. The van der Waals surface area contributed by atoms with Crippen molar-refractivity contribution in [3.05, 3.63) is 62.7 Å². The number of nitrogens with zero attached hydrogens (tertiary/aromatic N) is 1. The summed E-state index contributed by atoms with van der Waals surface area (Å²) in [7, 11) is 0. The molecule has 0 aliphatic heterocycles. The Balaban J connectivity index is 2.20. The first-order valence-corrected chi connectivity index (χ1v) is 7.82. The number of non-ortho nitro benzene ring substituents is 1. The number of nitrogens with one attached hydrogen (secondary N) is 1. The van der Waals surface area contributed by atoms with Crippen LogP contribution in [0.25, 0.3) is 0 Å². The predicted octanol–water partition coefficient (Wildman–Crippen LogP) is 5.30. The molecule has 156 valence electrons. The van der Waals surface area contributed by atoms with Gasteiger partial charge in [-0.15, -0.1) is 0 Å². The van der Waals surface area contributed by atoms with Crippen LogP contribution in [0.2, 0.25) is 5.02 Å². The van der Waals surface area contributed by atoms with E-state index < -0.39 is 58.0 Å². The van der Waals surface area contributed by atoms with E-state index >= 15 is 0 Å². The predicted molar refractivity (Wildman–Crippen MR) is 88.7 cm³/mol. The van der Waals surface area contributed by atoms with E-state index in [0.29, 0.717) is 12.1 Å². The van der Waals surface area contributed by atoms with Gasteiger partial charge in [-0.25, -0.2) is 0 Å². The van der Waals surface area contributed by atoms with Crippen LogP contribution in [-0.4, -0.2) is 17.4 Å². The highest BCUT2D eigenvalue weighted by molar-refractivity contribution is 6.30. The molecule has 0 heterocycles. The Labute approximate surface area is 163 Å². The van der Waals surface area contributed by atoms with Crippen LogP contribution in [0.3, 0.4) is 0 Å². The van der Waals surface area contributed by atoms with E-state index in [0.717, 1.165) is 18.2 Å². The maximum absolute atomic E-state index is 13.0. The average Bonchev–Trinajstić information content (AvgIpc) is 2.59. The van der Waals surface area contributed by atoms with Crippen molar-refractivity contribution < 1.29 is 40.8 Å². The van der Waals surface area contributed by atoms with Gasteiger partial charge in [0, 0.05) is 17.2 Å². The van der Waals surface area contributed by atoms with Crippen molar-refractivity contribution in [3.8, 4) is 5.75 Å². The maximum atomic E-state index is 13.0. The lowest BCUT2D eigenvalue weighted by atomic mass is 10.1. The molecule has 0 bridgehead atoms. The zero-order valence-corrected chi connectivity index (χ0v) is 14.7. The number of halogens is 7. The monoisotopic (exact) mass is 442 g/mol. The third kappa shape index (κ3) is 5.73. The number of nitro groups is 1. The van der Waals surface area contributed by atoms with E-state index in [2.05, 4.69) is 0 Å². The number of hydrogen-bond acceptors (Lipinski definition) is 4. The van der Waals surface area contributed by atoms with Gasteiger partial charge >= 0.3 is 12.4 Å². The number of rotatable bonds is 5. The Hall–Kier alpha value is -3.02. The standard InChI is InChI=1S/C16H9ClF6N2O4/c17-8-1-3-12(10(5-8)15(18,19)20)24-14(26)7-29-13-4-2-9(25(27)28)6-11(13)16(21,22)23/h1-6H,7H2,(H,24,26). The van der Waals surface area contributed by atoms with Crippen molar-refractivity contribution in [2.24, 2.45) is 0 Å². The Morgan fingerprint density at radius 3 is 2.21 bits per heavy atom. The van der Waals surface area contributed by atoms with Crippen LogP contribution in [-0.2, 0) is 17.1 Å². The largest absolute Gasteiger partial charge is 0.483 e. The number of alkyl halides is 6. The lowest BCUT2D eigenvalue weighted by Gasteiger charge is -2.16. The van der Waals surface area contributed by atoms with Gasteiger partial charge in [-0.1, -0.05) is 11.6 Å². The van der Waals surface area contributed by atoms with Crippen LogP contribution >= 0.6 is 11.6 Å². The highest BCUT2D eigenvalue weighted by Crippen LogP contribution is 2.39. The van der Waals surface area contributed by atoms with Crippen LogP contribution in [0.4, 0.5) is 37.7 Å². The summed E-state index contributed by atoms with van der Waals surface area (Å²) in [5, 5.41) is 12.3. The van der Waals surface area contributed by atoms with Gasteiger partial charge in [0.2, 0.25) is 0 Å². The van der Waals surface area contributed by atoms with Crippen LogP contribution in [0.1, 0.15) is 11.1 Å². The fourth-order valence-corrected chi connectivity index (χ4v) is 2.34. The molecule has 0 spiro atoms. The van der Waals surface area contributed by atoms with Crippen molar-refractivity contribution >= 4 is 28.9 Å². The lowest BCUT2D eigenvalue weighted by Crippen LogP contribution is -2.23. The normalized spacial score (nSPS) is 11.8. The van der Waals surface area contributed by atoms with Crippen molar-refractivity contribution in [3.63, 3.8) is 0 Å². The molecule has 0 saturated carbocycles. The summed E-state index contributed by atoms with van der Waals surface area (Å²) >= 11 is 5.50. The van der Waals surface area contributed by atoms with Gasteiger partial charge in [0.1, 0.15) is 11.3 Å². The van der Waals surface area contributed by atoms with Gasteiger partial charge in [-0.2, -0.15) is 26.3 Å². The Kier molecular flexibility index (Phi) is 6.26. The zero-order chi connectivity index (χ0) is 22.0. The van der Waals surface area contributed by atoms with Crippen molar-refractivity contribution in [2.75, 3.05) is 11.9 Å². The van der Waals surface area contributed by atoms with Crippen molar-refractivity contribution in [1.82, 2.24) is 0 Å². The highest BCUT2D eigenvalue weighted by atomic mass is 35.5. The first-order chi connectivity index (χ1) is 13.3. The topological polar surface area (TPSA) is 81.5 Å². The summed E-state index contributed by atoms with van der Waals surface area (Å²) in [6.07, 6.45) is -9.88. The summed E-state index contributed by atoms with van der Waals surface area (Å²) < 4.78 is 82.8. The summed E-state index contributed by atoms with van der Waals surface area (Å²) in [4.78, 5) is 21.4. The molecule has 0 aliphatic carbocycles. The molecule has 0 aromatic heterocycles. The number of hydrogen-bond donors (Lipinski definition) is 1. The SMILES string of the molecule is O=C(COc1ccc([N+](=O)[O-])cc1C(F)(F)F)Nc1ccc(Cl)cc1C(F)(F)F. The molecular weight excluding hydrogens is 434 g/mol. The summed E-state index contributed by atoms with van der Waals surface area (Å²) in [6, 6.07) is 4.09. The Morgan fingerprint density at radius 1 is 1.03 bits per heavy atom. The second kappa shape index (κ2) is 8.15. The fraction of sp³-hybridized carbons (Fsp3) is 0.188. The zero-order valence-electron chi connectivity index (χ0n) is 13.9. The fourth-order valence-electron chi connectivity index (χ4n) is 2.17. The quantitative estimate of drug-likeness (QED) is 0.387. The number of carbonyl (C=O) groups excluding carboxylic acids is 1. The van der Waals surface area contributed by atoms with Gasteiger partial charge in [-0.3, -0.25) is 14.9 Å². The molecule has 0 radical (unpaired) electrons. The van der Waals surface area contributed by atoms with Crippen molar-refractivity contribution in [2.45, 2.75) is 12.4 Å². The molecule has 0 unspecified atom stereocenters. The number of ether oxygens (including phenoxy) is 1. The highest BCUT2D eigenvalue weighted by Gasteiger charge is 2.37. The molecule has 13 heteroatoms. The average molecular weight is 443 g/mol. The molecular formula is C16H9ClF6N2O4.